The van der Waals surface area contributed by atoms with E-state index >= 15 is 0 Å². The van der Waals surface area contributed by atoms with Gasteiger partial charge in [-0.3, -0.25) is 4.79 Å². The van der Waals surface area contributed by atoms with Crippen LogP contribution in [0.4, 0.5) is 5.00 Å². The number of nitrogens with one attached hydrogen (secondary N) is 1. The van der Waals surface area contributed by atoms with Crippen molar-refractivity contribution < 1.29 is 19.1 Å². The van der Waals surface area contributed by atoms with Crippen LogP contribution in [0.2, 0.25) is 0 Å². The molecule has 1 aromatic carbocycles. The third-order valence-electron chi connectivity index (χ3n) is 7.90. The van der Waals surface area contributed by atoms with E-state index in [1.165, 1.54) is 49.9 Å². The number of ether oxygens (including phenoxy) is 2. The second-order valence-corrected chi connectivity index (χ2v) is 11.6. The van der Waals surface area contributed by atoms with Crippen LogP contribution in [0.25, 0.3) is 11.1 Å². The normalized spacial score (nSPS) is 27.4. The van der Waals surface area contributed by atoms with Crippen LogP contribution >= 0.6 is 11.3 Å². The van der Waals surface area contributed by atoms with Gasteiger partial charge in [0, 0.05) is 16.9 Å². The Balaban J connectivity index is 1.41. The van der Waals surface area contributed by atoms with E-state index < -0.39 is 5.97 Å². The van der Waals surface area contributed by atoms with E-state index in [2.05, 4.69) is 5.32 Å². The average molecular weight is 468 g/mol. The fraction of sp³-hybridized carbons (Fsp3) is 0.556. The standard InChI is InChI=1S/C27H33NO4S/c1-4-32-26(30)24-23(20-5-7-21(31-3)8-6-20)16(2)33-25(24)28-22(29)15-27-12-17-9-18(13-27)11-19(10-17)14-27/h5-8,17-19H,4,9-15H2,1-3H3,(H,28,29). The summed E-state index contributed by atoms with van der Waals surface area (Å²) < 4.78 is 10.7. The van der Waals surface area contributed by atoms with Crippen LogP contribution in [0.15, 0.2) is 24.3 Å². The maximum atomic E-state index is 13.3. The van der Waals surface area contributed by atoms with E-state index in [1.54, 1.807) is 14.0 Å². The molecule has 4 bridgehead atoms. The van der Waals surface area contributed by atoms with E-state index in [9.17, 15) is 9.59 Å². The monoisotopic (exact) mass is 467 g/mol. The van der Waals surface area contributed by atoms with Crippen molar-refractivity contribution in [2.75, 3.05) is 19.0 Å². The summed E-state index contributed by atoms with van der Waals surface area (Å²) in [7, 11) is 1.63. The molecule has 6 rings (SSSR count). The van der Waals surface area contributed by atoms with Crippen molar-refractivity contribution in [2.45, 2.75) is 58.8 Å². The number of thiophene rings is 1. The second-order valence-electron chi connectivity index (χ2n) is 10.3. The number of esters is 1. The number of benzene rings is 1. The molecule has 1 heterocycles. The minimum Gasteiger partial charge on any atom is -0.497 e. The van der Waals surface area contributed by atoms with Gasteiger partial charge in [-0.2, -0.15) is 0 Å². The average Bonchev–Trinajstić information content (AvgIpc) is 3.08. The lowest BCUT2D eigenvalue weighted by Crippen LogP contribution is -2.47. The molecule has 5 nitrogen and oxygen atoms in total. The van der Waals surface area contributed by atoms with Gasteiger partial charge in [-0.05, 0) is 93.2 Å². The summed E-state index contributed by atoms with van der Waals surface area (Å²) in [5.74, 6) is 2.83. The predicted molar refractivity (Wildman–Crippen MR) is 131 cm³/mol. The molecule has 4 saturated carbocycles. The van der Waals surface area contributed by atoms with Gasteiger partial charge in [0.05, 0.1) is 13.7 Å². The maximum absolute atomic E-state index is 13.3. The van der Waals surface area contributed by atoms with E-state index in [0.29, 0.717) is 17.0 Å². The topological polar surface area (TPSA) is 64.6 Å². The number of methoxy groups -OCH3 is 1. The number of hydrogen-bond donors (Lipinski definition) is 1. The molecule has 0 spiro atoms. The lowest BCUT2D eigenvalue weighted by molar-refractivity contribution is -0.124. The van der Waals surface area contributed by atoms with Crippen LogP contribution in [-0.4, -0.2) is 25.6 Å². The van der Waals surface area contributed by atoms with Crippen molar-refractivity contribution in [3.63, 3.8) is 0 Å². The summed E-state index contributed by atoms with van der Waals surface area (Å²) in [4.78, 5) is 27.3. The number of aryl methyl sites for hydroxylation is 1. The Labute approximate surface area is 199 Å². The van der Waals surface area contributed by atoms with Gasteiger partial charge in [0.25, 0.3) is 0 Å². The molecule has 0 saturated heterocycles. The van der Waals surface area contributed by atoms with Crippen molar-refractivity contribution in [3.8, 4) is 16.9 Å². The molecule has 2 aromatic rings. The Kier molecular flexibility index (Phi) is 5.98. The van der Waals surface area contributed by atoms with Crippen molar-refractivity contribution in [3.05, 3.63) is 34.7 Å². The second kappa shape index (κ2) is 8.79. The van der Waals surface area contributed by atoms with Crippen LogP contribution in [0.5, 0.6) is 5.75 Å². The quantitative estimate of drug-likeness (QED) is 0.475. The molecule has 1 aromatic heterocycles. The van der Waals surface area contributed by atoms with Crippen molar-refractivity contribution >= 4 is 28.2 Å². The smallest absolute Gasteiger partial charge is 0.341 e. The number of amides is 1. The van der Waals surface area contributed by atoms with Crippen LogP contribution in [-0.2, 0) is 9.53 Å². The third-order valence-corrected chi connectivity index (χ3v) is 8.92. The van der Waals surface area contributed by atoms with E-state index in [1.807, 2.05) is 31.2 Å². The van der Waals surface area contributed by atoms with Gasteiger partial charge >= 0.3 is 5.97 Å². The maximum Gasteiger partial charge on any atom is 0.341 e. The molecular weight excluding hydrogens is 434 g/mol. The molecular formula is C27H33NO4S. The summed E-state index contributed by atoms with van der Waals surface area (Å²) in [5, 5.41) is 3.74. The Bertz CT molecular complexity index is 1020. The highest BCUT2D eigenvalue weighted by atomic mass is 32.1. The van der Waals surface area contributed by atoms with Gasteiger partial charge in [0.2, 0.25) is 5.91 Å². The molecule has 176 valence electrons. The molecule has 4 aliphatic carbocycles. The van der Waals surface area contributed by atoms with Crippen LogP contribution in [0, 0.1) is 30.1 Å². The Morgan fingerprint density at radius 3 is 2.21 bits per heavy atom. The first-order valence-electron chi connectivity index (χ1n) is 12.1. The molecule has 0 unspecified atom stereocenters. The molecule has 33 heavy (non-hydrogen) atoms. The molecule has 4 fully saturated rings. The summed E-state index contributed by atoms with van der Waals surface area (Å²) in [6.07, 6.45) is 8.23. The number of carbonyl (C=O) groups is 2. The first-order valence-corrected chi connectivity index (χ1v) is 13.0. The first-order chi connectivity index (χ1) is 15.9. The largest absolute Gasteiger partial charge is 0.497 e. The molecule has 0 atom stereocenters. The lowest BCUT2D eigenvalue weighted by Gasteiger charge is -2.56. The highest BCUT2D eigenvalue weighted by molar-refractivity contribution is 7.17. The minimum absolute atomic E-state index is 0.0324. The fourth-order valence-electron chi connectivity index (χ4n) is 7.15. The zero-order valence-electron chi connectivity index (χ0n) is 19.7. The van der Waals surface area contributed by atoms with Crippen LogP contribution in [0.1, 0.15) is 67.1 Å². The highest BCUT2D eigenvalue weighted by Crippen LogP contribution is 2.61. The zero-order valence-corrected chi connectivity index (χ0v) is 20.6. The predicted octanol–water partition coefficient (Wildman–Crippen LogP) is 6.45. The SMILES string of the molecule is CCOC(=O)c1c(NC(=O)CC23CC4CC(CC(C4)C2)C3)sc(C)c1-c1ccc(OC)cc1. The van der Waals surface area contributed by atoms with Gasteiger partial charge < -0.3 is 14.8 Å². The van der Waals surface area contributed by atoms with Crippen molar-refractivity contribution in [1.29, 1.82) is 0 Å². The number of anilines is 1. The van der Waals surface area contributed by atoms with Crippen molar-refractivity contribution in [2.24, 2.45) is 23.2 Å². The van der Waals surface area contributed by atoms with Gasteiger partial charge in [0.15, 0.2) is 0 Å². The first kappa shape index (κ1) is 22.5. The zero-order chi connectivity index (χ0) is 23.2. The number of rotatable bonds is 7. The lowest BCUT2D eigenvalue weighted by atomic mass is 9.49. The number of carbonyl (C=O) groups excluding carboxylic acids is 2. The van der Waals surface area contributed by atoms with E-state index in [4.69, 9.17) is 9.47 Å². The van der Waals surface area contributed by atoms with Gasteiger partial charge in [-0.25, -0.2) is 4.79 Å². The Hall–Kier alpha value is -2.34. The summed E-state index contributed by atoms with van der Waals surface area (Å²) in [6, 6.07) is 7.65. The molecule has 1 N–H and O–H groups in total. The molecule has 4 aliphatic rings. The minimum atomic E-state index is -0.391. The van der Waals surface area contributed by atoms with Gasteiger partial charge in [-0.15, -0.1) is 11.3 Å². The van der Waals surface area contributed by atoms with Gasteiger partial charge in [0.1, 0.15) is 16.3 Å². The molecule has 0 aliphatic heterocycles. The summed E-state index contributed by atoms with van der Waals surface area (Å²) in [5.41, 5.74) is 2.36. The fourth-order valence-corrected chi connectivity index (χ4v) is 8.23. The van der Waals surface area contributed by atoms with E-state index in [0.717, 1.165) is 39.5 Å². The van der Waals surface area contributed by atoms with Crippen LogP contribution in [0.3, 0.4) is 0 Å². The molecule has 1 amide bonds. The summed E-state index contributed by atoms with van der Waals surface area (Å²) >= 11 is 1.46. The molecule has 0 radical (unpaired) electrons. The highest BCUT2D eigenvalue weighted by Gasteiger charge is 2.51. The Morgan fingerprint density at radius 1 is 1.06 bits per heavy atom. The van der Waals surface area contributed by atoms with Gasteiger partial charge in [-0.1, -0.05) is 12.1 Å². The van der Waals surface area contributed by atoms with E-state index in [-0.39, 0.29) is 17.9 Å². The van der Waals surface area contributed by atoms with Crippen LogP contribution < -0.4 is 10.1 Å². The molecule has 6 heteroatoms. The number of hydrogen-bond acceptors (Lipinski definition) is 5. The third kappa shape index (κ3) is 4.30. The summed E-state index contributed by atoms with van der Waals surface area (Å²) in [6.45, 7) is 4.08. The Morgan fingerprint density at radius 2 is 1.67 bits per heavy atom. The van der Waals surface area contributed by atoms with Crippen molar-refractivity contribution in [1.82, 2.24) is 0 Å².